The van der Waals surface area contributed by atoms with Crippen LogP contribution in [0.2, 0.25) is 0 Å². The van der Waals surface area contributed by atoms with Gasteiger partial charge >= 0.3 is 0 Å². The van der Waals surface area contributed by atoms with Gasteiger partial charge in [0.15, 0.2) is 0 Å². The molecule has 2 atom stereocenters. The Labute approximate surface area is 88.1 Å². The summed E-state index contributed by atoms with van der Waals surface area (Å²) in [6.45, 7) is 1.30. The Kier molecular flexibility index (Phi) is 3.45. The van der Waals surface area contributed by atoms with Crippen molar-refractivity contribution in [3.05, 3.63) is 0 Å². The summed E-state index contributed by atoms with van der Waals surface area (Å²) in [5.41, 5.74) is 0. The molecule has 1 heterocycles. The average molecular weight is 196 g/mol. The van der Waals surface area contributed by atoms with Gasteiger partial charge in [-0.1, -0.05) is 19.3 Å². The lowest BCUT2D eigenvalue weighted by Gasteiger charge is -2.46. The molecule has 14 heavy (non-hydrogen) atoms. The van der Waals surface area contributed by atoms with E-state index in [1.54, 1.807) is 0 Å². The molecular formula is C12H24N2. The number of rotatable bonds is 3. The normalized spacial score (nSPS) is 32.6. The molecule has 2 heteroatoms. The summed E-state index contributed by atoms with van der Waals surface area (Å²) in [6, 6.07) is 1.58. The van der Waals surface area contributed by atoms with Gasteiger partial charge in [0.2, 0.25) is 0 Å². The van der Waals surface area contributed by atoms with Crippen molar-refractivity contribution in [1.29, 1.82) is 0 Å². The Morgan fingerprint density at radius 3 is 2.29 bits per heavy atom. The predicted molar refractivity (Wildman–Crippen MR) is 60.5 cm³/mol. The third kappa shape index (κ3) is 1.96. The van der Waals surface area contributed by atoms with E-state index in [4.69, 9.17) is 0 Å². The molecule has 0 aromatic heterocycles. The molecule has 2 nitrogen and oxygen atoms in total. The third-order valence-corrected chi connectivity index (χ3v) is 4.25. The zero-order valence-electron chi connectivity index (χ0n) is 9.63. The maximum atomic E-state index is 3.56. The monoisotopic (exact) mass is 196 g/mol. The van der Waals surface area contributed by atoms with Crippen LogP contribution in [-0.2, 0) is 0 Å². The van der Waals surface area contributed by atoms with Crippen molar-refractivity contribution in [2.75, 3.05) is 20.6 Å². The van der Waals surface area contributed by atoms with Gasteiger partial charge in [-0.2, -0.15) is 0 Å². The first-order valence-electron chi connectivity index (χ1n) is 6.20. The number of nitrogens with zero attached hydrogens (tertiary/aromatic N) is 1. The fourth-order valence-electron chi connectivity index (χ4n) is 3.23. The Morgan fingerprint density at radius 1 is 1.14 bits per heavy atom. The molecule has 2 fully saturated rings. The van der Waals surface area contributed by atoms with E-state index < -0.39 is 0 Å². The minimum atomic E-state index is 0.758. The molecule has 0 amide bonds. The van der Waals surface area contributed by atoms with Crippen LogP contribution in [0.5, 0.6) is 0 Å². The molecular weight excluding hydrogens is 172 g/mol. The number of hydrogen-bond donors (Lipinski definition) is 1. The molecule has 0 radical (unpaired) electrons. The van der Waals surface area contributed by atoms with Gasteiger partial charge in [0.1, 0.15) is 0 Å². The van der Waals surface area contributed by atoms with Crippen LogP contribution in [0.25, 0.3) is 0 Å². The van der Waals surface area contributed by atoms with Crippen LogP contribution < -0.4 is 5.32 Å². The van der Waals surface area contributed by atoms with Crippen molar-refractivity contribution < 1.29 is 0 Å². The van der Waals surface area contributed by atoms with Crippen LogP contribution in [-0.4, -0.2) is 37.6 Å². The first-order valence-corrected chi connectivity index (χ1v) is 6.20. The highest BCUT2D eigenvalue weighted by atomic mass is 15.2. The lowest BCUT2D eigenvalue weighted by Crippen LogP contribution is -2.58. The van der Waals surface area contributed by atoms with Gasteiger partial charge in [0, 0.05) is 12.1 Å². The van der Waals surface area contributed by atoms with Gasteiger partial charge in [0.05, 0.1) is 0 Å². The van der Waals surface area contributed by atoms with Gasteiger partial charge in [-0.25, -0.2) is 0 Å². The Morgan fingerprint density at radius 2 is 1.86 bits per heavy atom. The largest absolute Gasteiger partial charge is 0.315 e. The summed E-state index contributed by atoms with van der Waals surface area (Å²) in [5, 5.41) is 3.56. The van der Waals surface area contributed by atoms with Gasteiger partial charge in [-0.3, -0.25) is 0 Å². The van der Waals surface area contributed by atoms with Crippen LogP contribution >= 0.6 is 0 Å². The van der Waals surface area contributed by atoms with Crippen molar-refractivity contribution in [3.8, 4) is 0 Å². The molecule has 0 spiro atoms. The second kappa shape index (κ2) is 4.63. The van der Waals surface area contributed by atoms with Crippen molar-refractivity contribution in [2.45, 2.75) is 50.6 Å². The second-order valence-corrected chi connectivity index (χ2v) is 5.05. The number of likely N-dealkylation sites (N-methyl/N-ethyl adjacent to an activating group) is 2. The van der Waals surface area contributed by atoms with Crippen LogP contribution in [0.3, 0.4) is 0 Å². The van der Waals surface area contributed by atoms with Crippen molar-refractivity contribution in [1.82, 2.24) is 10.2 Å². The predicted octanol–water partition coefficient (Wildman–Crippen LogP) is 1.86. The molecule has 1 saturated carbocycles. The van der Waals surface area contributed by atoms with Gasteiger partial charge in [0.25, 0.3) is 0 Å². The summed E-state index contributed by atoms with van der Waals surface area (Å²) in [7, 11) is 4.41. The summed E-state index contributed by atoms with van der Waals surface area (Å²) in [5.74, 6) is 0.946. The van der Waals surface area contributed by atoms with E-state index in [0.717, 1.165) is 18.0 Å². The number of nitrogens with one attached hydrogen (secondary N) is 1. The lowest BCUT2D eigenvalue weighted by molar-refractivity contribution is 0.0601. The van der Waals surface area contributed by atoms with E-state index in [-0.39, 0.29) is 0 Å². The molecule has 2 rings (SSSR count). The van der Waals surface area contributed by atoms with Gasteiger partial charge < -0.3 is 10.2 Å². The molecule has 0 aromatic rings. The Balaban J connectivity index is 1.90. The minimum absolute atomic E-state index is 0.758. The smallest absolute Gasteiger partial charge is 0.0261 e. The fraction of sp³-hybridized carbons (Fsp3) is 1.00. The Bertz CT molecular complexity index is 175. The summed E-state index contributed by atoms with van der Waals surface area (Å²) < 4.78 is 0. The molecule has 1 aliphatic carbocycles. The zero-order valence-corrected chi connectivity index (χ0v) is 9.63. The van der Waals surface area contributed by atoms with E-state index in [1.165, 1.54) is 45.1 Å². The first kappa shape index (κ1) is 10.4. The SMILES string of the molecule is CNC(C1CCCCC1)C1CCN1C. The van der Waals surface area contributed by atoms with Crippen molar-refractivity contribution >= 4 is 0 Å². The highest BCUT2D eigenvalue weighted by Crippen LogP contribution is 2.32. The van der Waals surface area contributed by atoms with E-state index >= 15 is 0 Å². The van der Waals surface area contributed by atoms with Crippen LogP contribution in [0.15, 0.2) is 0 Å². The Hall–Kier alpha value is -0.0800. The molecule has 1 aliphatic heterocycles. The van der Waals surface area contributed by atoms with E-state index in [1.807, 2.05) is 0 Å². The quantitative estimate of drug-likeness (QED) is 0.741. The van der Waals surface area contributed by atoms with E-state index in [2.05, 4.69) is 24.3 Å². The zero-order chi connectivity index (χ0) is 9.97. The summed E-state index contributed by atoms with van der Waals surface area (Å²) in [6.07, 6.45) is 8.69. The molecule has 0 bridgehead atoms. The molecule has 2 aliphatic rings. The van der Waals surface area contributed by atoms with Crippen LogP contribution in [0.4, 0.5) is 0 Å². The molecule has 2 unspecified atom stereocenters. The first-order chi connectivity index (χ1) is 6.83. The molecule has 1 N–H and O–H groups in total. The van der Waals surface area contributed by atoms with Gasteiger partial charge in [-0.15, -0.1) is 0 Å². The van der Waals surface area contributed by atoms with Crippen LogP contribution in [0.1, 0.15) is 38.5 Å². The summed E-state index contributed by atoms with van der Waals surface area (Å²) in [4.78, 5) is 2.51. The average Bonchev–Trinajstić information content (AvgIpc) is 2.24. The van der Waals surface area contributed by atoms with Gasteiger partial charge in [-0.05, 0) is 45.8 Å². The van der Waals surface area contributed by atoms with Crippen molar-refractivity contribution in [3.63, 3.8) is 0 Å². The topological polar surface area (TPSA) is 15.3 Å². The molecule has 1 saturated heterocycles. The minimum Gasteiger partial charge on any atom is -0.315 e. The standard InChI is InChI=1S/C12H24N2/c1-13-12(11-8-9-14(11)2)10-6-4-3-5-7-10/h10-13H,3-9H2,1-2H3. The van der Waals surface area contributed by atoms with E-state index in [0.29, 0.717) is 0 Å². The second-order valence-electron chi connectivity index (χ2n) is 5.05. The van der Waals surface area contributed by atoms with Crippen molar-refractivity contribution in [2.24, 2.45) is 5.92 Å². The highest BCUT2D eigenvalue weighted by molar-refractivity contribution is 4.94. The molecule has 82 valence electrons. The third-order valence-electron chi connectivity index (χ3n) is 4.25. The number of hydrogen-bond acceptors (Lipinski definition) is 2. The fourth-order valence-corrected chi connectivity index (χ4v) is 3.23. The summed E-state index contributed by atoms with van der Waals surface area (Å²) >= 11 is 0. The van der Waals surface area contributed by atoms with Crippen LogP contribution in [0, 0.1) is 5.92 Å². The highest BCUT2D eigenvalue weighted by Gasteiger charge is 2.36. The maximum absolute atomic E-state index is 3.56. The number of likely N-dealkylation sites (tertiary alicyclic amines) is 1. The lowest BCUT2D eigenvalue weighted by atomic mass is 9.78. The van der Waals surface area contributed by atoms with E-state index in [9.17, 15) is 0 Å². The molecule has 0 aromatic carbocycles. The maximum Gasteiger partial charge on any atom is 0.0261 e.